The first-order valence-electron chi connectivity index (χ1n) is 6.86. The summed E-state index contributed by atoms with van der Waals surface area (Å²) in [5, 5.41) is 0.556. The minimum atomic E-state index is 0.129. The Labute approximate surface area is 126 Å². The minimum absolute atomic E-state index is 0.129. The van der Waals surface area contributed by atoms with Gasteiger partial charge in [0.05, 0.1) is 18.7 Å². The first-order valence-corrected chi connectivity index (χ1v) is 7.23. The molecule has 1 aromatic carbocycles. The van der Waals surface area contributed by atoms with Crippen molar-refractivity contribution >= 4 is 11.6 Å². The van der Waals surface area contributed by atoms with Gasteiger partial charge in [0.15, 0.2) is 11.5 Å². The van der Waals surface area contributed by atoms with Gasteiger partial charge in [0.2, 0.25) is 0 Å². The second-order valence-electron chi connectivity index (χ2n) is 4.68. The fraction of sp³-hybridized carbons (Fsp3) is 0.600. The molecule has 0 heterocycles. The summed E-state index contributed by atoms with van der Waals surface area (Å²) in [6, 6.07) is 3.96. The van der Waals surface area contributed by atoms with E-state index in [4.69, 9.17) is 31.5 Å². The molecule has 0 aliphatic rings. The van der Waals surface area contributed by atoms with Crippen LogP contribution in [0.25, 0.3) is 0 Å². The van der Waals surface area contributed by atoms with Crippen LogP contribution in [0.4, 0.5) is 0 Å². The molecule has 0 bridgehead atoms. The maximum absolute atomic E-state index is 6.28. The Morgan fingerprint density at radius 2 is 2.00 bits per heavy atom. The van der Waals surface area contributed by atoms with E-state index in [-0.39, 0.29) is 6.04 Å². The Balaban J connectivity index is 2.79. The highest BCUT2D eigenvalue weighted by Crippen LogP contribution is 2.36. The van der Waals surface area contributed by atoms with Gasteiger partial charge in [-0.15, -0.1) is 0 Å². The summed E-state index contributed by atoms with van der Waals surface area (Å²) in [6.45, 7) is 3.26. The zero-order valence-electron chi connectivity index (χ0n) is 12.4. The van der Waals surface area contributed by atoms with E-state index < -0.39 is 0 Å². The molecule has 0 aromatic heterocycles. The van der Waals surface area contributed by atoms with E-state index >= 15 is 0 Å². The molecule has 114 valence electrons. The summed E-state index contributed by atoms with van der Waals surface area (Å²) < 4.78 is 16.0. The maximum atomic E-state index is 6.28. The van der Waals surface area contributed by atoms with Gasteiger partial charge in [-0.3, -0.25) is 0 Å². The SMILES string of the molecule is CCC(N)Cc1cc(Cl)c(OCCCOC)c(OC)c1. The zero-order chi connectivity index (χ0) is 15.0. The molecule has 1 rings (SSSR count). The van der Waals surface area contributed by atoms with Crippen LogP contribution in [0.1, 0.15) is 25.3 Å². The fourth-order valence-electron chi connectivity index (χ4n) is 1.86. The first kappa shape index (κ1) is 17.1. The standard InChI is InChI=1S/C15H24ClNO3/c1-4-12(17)8-11-9-13(16)15(14(10-11)19-3)20-7-5-6-18-2/h9-10,12H,4-8,17H2,1-3H3. The lowest BCUT2D eigenvalue weighted by Crippen LogP contribution is -2.21. The van der Waals surface area contributed by atoms with Gasteiger partial charge in [-0.25, -0.2) is 0 Å². The van der Waals surface area contributed by atoms with Crippen LogP contribution < -0.4 is 15.2 Å². The number of rotatable bonds is 9. The summed E-state index contributed by atoms with van der Waals surface area (Å²) in [7, 11) is 3.27. The third kappa shape index (κ3) is 5.19. The second kappa shape index (κ2) is 9.06. The van der Waals surface area contributed by atoms with E-state index in [1.807, 2.05) is 12.1 Å². The van der Waals surface area contributed by atoms with Crippen LogP contribution in [0, 0.1) is 0 Å². The molecule has 0 saturated carbocycles. The fourth-order valence-corrected chi connectivity index (χ4v) is 2.14. The molecule has 1 aromatic rings. The Bertz CT molecular complexity index is 412. The van der Waals surface area contributed by atoms with Crippen molar-refractivity contribution in [3.63, 3.8) is 0 Å². The highest BCUT2D eigenvalue weighted by atomic mass is 35.5. The topological polar surface area (TPSA) is 53.7 Å². The Morgan fingerprint density at radius 3 is 2.60 bits per heavy atom. The van der Waals surface area contributed by atoms with Crippen LogP contribution in [-0.4, -0.2) is 33.5 Å². The molecule has 0 saturated heterocycles. The van der Waals surface area contributed by atoms with Gasteiger partial charge in [-0.05, 0) is 30.5 Å². The Hall–Kier alpha value is -0.970. The predicted molar refractivity (Wildman–Crippen MR) is 82.0 cm³/mol. The Kier molecular flexibility index (Phi) is 7.73. The number of halogens is 1. The van der Waals surface area contributed by atoms with E-state index in [2.05, 4.69) is 6.92 Å². The van der Waals surface area contributed by atoms with E-state index in [0.717, 1.165) is 24.8 Å². The van der Waals surface area contributed by atoms with E-state index in [0.29, 0.717) is 29.7 Å². The number of hydrogen-bond donors (Lipinski definition) is 1. The number of ether oxygens (including phenoxy) is 3. The number of nitrogens with two attached hydrogens (primary N) is 1. The Morgan fingerprint density at radius 1 is 1.25 bits per heavy atom. The molecule has 0 amide bonds. The molecule has 5 heteroatoms. The summed E-state index contributed by atoms with van der Waals surface area (Å²) in [4.78, 5) is 0. The maximum Gasteiger partial charge on any atom is 0.179 e. The van der Waals surface area contributed by atoms with Gasteiger partial charge in [-0.2, -0.15) is 0 Å². The summed E-state index contributed by atoms with van der Waals surface area (Å²) in [6.07, 6.45) is 2.50. The lowest BCUT2D eigenvalue weighted by atomic mass is 10.0. The predicted octanol–water partition coefficient (Wildman–Crippen LogP) is 3.04. The average Bonchev–Trinajstić information content (AvgIpc) is 2.44. The van der Waals surface area contributed by atoms with Crippen LogP contribution in [0.2, 0.25) is 5.02 Å². The van der Waals surface area contributed by atoms with Crippen LogP contribution >= 0.6 is 11.6 Å². The molecule has 0 aliphatic carbocycles. The third-order valence-corrected chi connectivity index (χ3v) is 3.33. The lowest BCUT2D eigenvalue weighted by molar-refractivity contribution is 0.170. The normalized spacial score (nSPS) is 12.2. The van der Waals surface area contributed by atoms with Crippen molar-refractivity contribution < 1.29 is 14.2 Å². The highest BCUT2D eigenvalue weighted by molar-refractivity contribution is 6.32. The van der Waals surface area contributed by atoms with E-state index in [1.54, 1.807) is 14.2 Å². The largest absolute Gasteiger partial charge is 0.493 e. The quantitative estimate of drug-likeness (QED) is 0.712. The molecular weight excluding hydrogens is 278 g/mol. The average molecular weight is 302 g/mol. The van der Waals surface area contributed by atoms with Crippen molar-refractivity contribution in [2.75, 3.05) is 27.4 Å². The van der Waals surface area contributed by atoms with Crippen molar-refractivity contribution in [2.45, 2.75) is 32.2 Å². The van der Waals surface area contributed by atoms with Crippen molar-refractivity contribution in [1.82, 2.24) is 0 Å². The van der Waals surface area contributed by atoms with Gasteiger partial charge in [-0.1, -0.05) is 18.5 Å². The van der Waals surface area contributed by atoms with Gasteiger partial charge in [0.25, 0.3) is 0 Å². The van der Waals surface area contributed by atoms with Crippen molar-refractivity contribution in [1.29, 1.82) is 0 Å². The molecule has 4 nitrogen and oxygen atoms in total. The smallest absolute Gasteiger partial charge is 0.179 e. The van der Waals surface area contributed by atoms with Crippen molar-refractivity contribution in [2.24, 2.45) is 5.73 Å². The molecular formula is C15H24ClNO3. The molecule has 0 fully saturated rings. The van der Waals surface area contributed by atoms with Crippen molar-refractivity contribution in [3.8, 4) is 11.5 Å². The molecule has 1 unspecified atom stereocenters. The van der Waals surface area contributed by atoms with E-state index in [1.165, 1.54) is 0 Å². The van der Waals surface area contributed by atoms with Crippen LogP contribution in [0.15, 0.2) is 12.1 Å². The molecule has 20 heavy (non-hydrogen) atoms. The molecule has 1 atom stereocenters. The van der Waals surface area contributed by atoms with Gasteiger partial charge < -0.3 is 19.9 Å². The number of benzene rings is 1. The second-order valence-corrected chi connectivity index (χ2v) is 5.08. The molecule has 2 N–H and O–H groups in total. The summed E-state index contributed by atoms with van der Waals surface area (Å²) >= 11 is 6.28. The van der Waals surface area contributed by atoms with E-state index in [9.17, 15) is 0 Å². The summed E-state index contributed by atoms with van der Waals surface area (Å²) in [5.74, 6) is 1.23. The van der Waals surface area contributed by atoms with Crippen LogP contribution in [0.5, 0.6) is 11.5 Å². The van der Waals surface area contributed by atoms with Gasteiger partial charge in [0.1, 0.15) is 0 Å². The minimum Gasteiger partial charge on any atom is -0.493 e. The van der Waals surface area contributed by atoms with Crippen LogP contribution in [-0.2, 0) is 11.2 Å². The van der Waals surface area contributed by atoms with Gasteiger partial charge >= 0.3 is 0 Å². The lowest BCUT2D eigenvalue weighted by Gasteiger charge is -2.15. The molecule has 0 spiro atoms. The number of hydrogen-bond acceptors (Lipinski definition) is 4. The van der Waals surface area contributed by atoms with Crippen LogP contribution in [0.3, 0.4) is 0 Å². The first-order chi connectivity index (χ1) is 9.62. The monoisotopic (exact) mass is 301 g/mol. The summed E-state index contributed by atoms with van der Waals surface area (Å²) in [5.41, 5.74) is 7.03. The number of methoxy groups -OCH3 is 2. The molecule has 0 radical (unpaired) electrons. The third-order valence-electron chi connectivity index (χ3n) is 3.05. The molecule has 0 aliphatic heterocycles. The van der Waals surface area contributed by atoms with Gasteiger partial charge in [0, 0.05) is 26.2 Å². The highest BCUT2D eigenvalue weighted by Gasteiger charge is 2.13. The van der Waals surface area contributed by atoms with Crippen molar-refractivity contribution in [3.05, 3.63) is 22.7 Å². The zero-order valence-corrected chi connectivity index (χ0v) is 13.2.